The normalized spacial score (nSPS) is 17.8. The molecule has 7 nitrogen and oxygen atoms in total. The molecule has 1 aromatic heterocycles. The zero-order valence-corrected chi connectivity index (χ0v) is 14.4. The summed E-state index contributed by atoms with van der Waals surface area (Å²) in [5, 5.41) is 5.65. The van der Waals surface area contributed by atoms with Gasteiger partial charge in [0.05, 0.1) is 10.7 Å². The third-order valence-electron chi connectivity index (χ3n) is 4.71. The van der Waals surface area contributed by atoms with E-state index in [0.717, 1.165) is 11.3 Å². The van der Waals surface area contributed by atoms with Gasteiger partial charge in [0.25, 0.3) is 11.8 Å². The summed E-state index contributed by atoms with van der Waals surface area (Å²) in [7, 11) is 0. The maximum Gasteiger partial charge on any atom is 0.329 e. The number of nitrogens with one attached hydrogen (secondary N) is 2. The number of aromatic nitrogens is 1. The number of pyridine rings is 1. The van der Waals surface area contributed by atoms with Gasteiger partial charge in [-0.25, -0.2) is 9.69 Å². The van der Waals surface area contributed by atoms with Crippen LogP contribution in [-0.2, 0) is 4.79 Å². The summed E-state index contributed by atoms with van der Waals surface area (Å²) >= 11 is 6.28. The first-order valence-corrected chi connectivity index (χ1v) is 8.57. The molecule has 0 atom stereocenters. The third-order valence-corrected chi connectivity index (χ3v) is 5.02. The zero-order valence-electron chi connectivity index (χ0n) is 13.7. The summed E-state index contributed by atoms with van der Waals surface area (Å²) in [5.41, 5.74) is 0.244. The van der Waals surface area contributed by atoms with Crippen LogP contribution in [0.5, 0.6) is 0 Å². The number of anilines is 2. The van der Waals surface area contributed by atoms with Crippen molar-refractivity contribution in [3.8, 4) is 0 Å². The number of rotatable bonds is 3. The molecular formula is C18H15ClN4O3. The van der Waals surface area contributed by atoms with Crippen LogP contribution in [-0.4, -0.2) is 28.4 Å². The van der Waals surface area contributed by atoms with Crippen LogP contribution in [0.1, 0.15) is 29.8 Å². The van der Waals surface area contributed by atoms with Crippen LogP contribution in [0.2, 0.25) is 5.02 Å². The molecule has 1 aliphatic heterocycles. The van der Waals surface area contributed by atoms with Gasteiger partial charge >= 0.3 is 6.03 Å². The quantitative estimate of drug-likeness (QED) is 0.812. The fourth-order valence-corrected chi connectivity index (χ4v) is 3.43. The van der Waals surface area contributed by atoms with Crippen LogP contribution in [0, 0.1) is 0 Å². The highest BCUT2D eigenvalue weighted by atomic mass is 35.5. The van der Waals surface area contributed by atoms with Gasteiger partial charge in [-0.3, -0.25) is 14.6 Å². The van der Waals surface area contributed by atoms with E-state index < -0.39 is 11.6 Å². The summed E-state index contributed by atoms with van der Waals surface area (Å²) in [6.45, 7) is 0. The number of carbonyl (C=O) groups is 3. The SMILES string of the molecule is O=C(Nc1ccc(N2C(=O)NC3(CCC3)C2=O)c(Cl)c1)c1ccccn1. The molecule has 8 heteroatoms. The van der Waals surface area contributed by atoms with E-state index in [1.54, 1.807) is 30.3 Å². The Kier molecular flexibility index (Phi) is 3.88. The van der Waals surface area contributed by atoms with E-state index in [9.17, 15) is 14.4 Å². The Morgan fingerprint density at radius 1 is 1.23 bits per heavy atom. The third kappa shape index (κ3) is 2.61. The van der Waals surface area contributed by atoms with Crippen molar-refractivity contribution >= 4 is 40.8 Å². The van der Waals surface area contributed by atoms with Gasteiger partial charge in [0.15, 0.2) is 0 Å². The highest BCUT2D eigenvalue weighted by Gasteiger charge is 2.55. The summed E-state index contributed by atoms with van der Waals surface area (Å²) in [5.74, 6) is -0.654. The fourth-order valence-electron chi connectivity index (χ4n) is 3.17. The second-order valence-electron chi connectivity index (χ2n) is 6.34. The lowest BCUT2D eigenvalue weighted by molar-refractivity contribution is -0.124. The van der Waals surface area contributed by atoms with E-state index in [1.165, 1.54) is 12.3 Å². The predicted molar refractivity (Wildman–Crippen MR) is 96.2 cm³/mol. The standard InChI is InChI=1S/C18H15ClN4O3/c19-12-10-11(21-15(24)13-4-1-2-9-20-13)5-6-14(12)23-16(25)18(7-3-8-18)22-17(23)26/h1-2,4-6,9-10H,3,7-8H2,(H,21,24)(H,22,26). The van der Waals surface area contributed by atoms with E-state index in [2.05, 4.69) is 15.6 Å². The molecule has 2 N–H and O–H groups in total. The minimum absolute atomic E-state index is 0.198. The molecular weight excluding hydrogens is 356 g/mol. The molecule has 1 saturated heterocycles. The van der Waals surface area contributed by atoms with Crippen molar-refractivity contribution in [1.29, 1.82) is 0 Å². The fraction of sp³-hybridized carbons (Fsp3) is 0.222. The number of imide groups is 1. The van der Waals surface area contributed by atoms with Crippen LogP contribution in [0.4, 0.5) is 16.2 Å². The molecule has 1 spiro atoms. The molecule has 4 amide bonds. The van der Waals surface area contributed by atoms with Crippen LogP contribution >= 0.6 is 11.6 Å². The predicted octanol–water partition coefficient (Wildman–Crippen LogP) is 2.97. The number of halogens is 1. The van der Waals surface area contributed by atoms with E-state index in [-0.39, 0.29) is 22.5 Å². The highest BCUT2D eigenvalue weighted by molar-refractivity contribution is 6.36. The Hall–Kier alpha value is -2.93. The second-order valence-corrected chi connectivity index (χ2v) is 6.75. The van der Waals surface area contributed by atoms with Gasteiger partial charge < -0.3 is 10.6 Å². The second kappa shape index (κ2) is 6.10. The Bertz CT molecular complexity index is 912. The Labute approximate surface area is 154 Å². The molecule has 4 rings (SSSR count). The number of urea groups is 1. The monoisotopic (exact) mass is 370 g/mol. The maximum atomic E-state index is 12.6. The Morgan fingerprint density at radius 2 is 2.04 bits per heavy atom. The maximum absolute atomic E-state index is 12.6. The topological polar surface area (TPSA) is 91.4 Å². The molecule has 26 heavy (non-hydrogen) atoms. The van der Waals surface area contributed by atoms with Gasteiger partial charge in [-0.2, -0.15) is 0 Å². The van der Waals surface area contributed by atoms with Crippen molar-refractivity contribution in [2.45, 2.75) is 24.8 Å². The van der Waals surface area contributed by atoms with E-state index in [4.69, 9.17) is 11.6 Å². The van der Waals surface area contributed by atoms with Crippen molar-refractivity contribution < 1.29 is 14.4 Å². The Morgan fingerprint density at radius 3 is 2.62 bits per heavy atom. The minimum Gasteiger partial charge on any atom is -0.323 e. The smallest absolute Gasteiger partial charge is 0.323 e. The molecule has 0 radical (unpaired) electrons. The van der Waals surface area contributed by atoms with E-state index >= 15 is 0 Å². The highest BCUT2D eigenvalue weighted by Crippen LogP contribution is 2.41. The molecule has 2 fully saturated rings. The van der Waals surface area contributed by atoms with E-state index in [0.29, 0.717) is 24.2 Å². The molecule has 0 bridgehead atoms. The van der Waals surface area contributed by atoms with Gasteiger partial charge in [0, 0.05) is 11.9 Å². The molecule has 1 aliphatic carbocycles. The van der Waals surface area contributed by atoms with Crippen LogP contribution in [0.3, 0.4) is 0 Å². The number of hydrogen-bond acceptors (Lipinski definition) is 4. The Balaban J connectivity index is 1.56. The molecule has 2 heterocycles. The number of carbonyl (C=O) groups excluding carboxylic acids is 3. The average Bonchev–Trinajstić information content (AvgIpc) is 2.87. The summed E-state index contributed by atoms with van der Waals surface area (Å²) in [4.78, 5) is 42.1. The zero-order chi connectivity index (χ0) is 18.3. The van der Waals surface area contributed by atoms with Crippen molar-refractivity contribution in [2.75, 3.05) is 10.2 Å². The molecule has 2 aromatic rings. The van der Waals surface area contributed by atoms with Gasteiger partial charge in [0.2, 0.25) is 0 Å². The van der Waals surface area contributed by atoms with Gasteiger partial charge in [0.1, 0.15) is 11.2 Å². The van der Waals surface area contributed by atoms with Crippen LogP contribution in [0.25, 0.3) is 0 Å². The lowest BCUT2D eigenvalue weighted by atomic mass is 9.77. The van der Waals surface area contributed by atoms with Crippen molar-refractivity contribution in [3.05, 3.63) is 53.3 Å². The summed E-state index contributed by atoms with van der Waals surface area (Å²) in [6, 6.07) is 9.20. The number of hydrogen-bond donors (Lipinski definition) is 2. The van der Waals surface area contributed by atoms with Gasteiger partial charge in [-0.15, -0.1) is 0 Å². The van der Waals surface area contributed by atoms with Gasteiger partial charge in [-0.1, -0.05) is 17.7 Å². The number of benzene rings is 1. The summed E-state index contributed by atoms with van der Waals surface area (Å²) < 4.78 is 0. The molecule has 1 aromatic carbocycles. The number of nitrogens with zero attached hydrogens (tertiary/aromatic N) is 2. The molecule has 0 unspecified atom stereocenters. The minimum atomic E-state index is -0.772. The van der Waals surface area contributed by atoms with Crippen LogP contribution < -0.4 is 15.5 Å². The molecule has 1 saturated carbocycles. The van der Waals surface area contributed by atoms with Crippen molar-refractivity contribution in [1.82, 2.24) is 10.3 Å². The molecule has 2 aliphatic rings. The summed E-state index contributed by atoms with van der Waals surface area (Å²) in [6.07, 6.45) is 3.72. The van der Waals surface area contributed by atoms with Gasteiger partial charge in [-0.05, 0) is 49.6 Å². The van der Waals surface area contributed by atoms with Crippen molar-refractivity contribution in [3.63, 3.8) is 0 Å². The first-order valence-electron chi connectivity index (χ1n) is 8.19. The largest absolute Gasteiger partial charge is 0.329 e. The van der Waals surface area contributed by atoms with E-state index in [1.807, 2.05) is 0 Å². The number of amides is 4. The first-order chi connectivity index (χ1) is 12.5. The van der Waals surface area contributed by atoms with Crippen LogP contribution in [0.15, 0.2) is 42.6 Å². The first kappa shape index (κ1) is 16.5. The lowest BCUT2D eigenvalue weighted by Crippen LogP contribution is -2.52. The average molecular weight is 371 g/mol. The lowest BCUT2D eigenvalue weighted by Gasteiger charge is -2.34. The van der Waals surface area contributed by atoms with Crippen molar-refractivity contribution in [2.24, 2.45) is 0 Å². The molecule has 132 valence electrons.